The molecule has 0 radical (unpaired) electrons. The molecule has 2 aromatic rings. The summed E-state index contributed by atoms with van der Waals surface area (Å²) in [5, 5.41) is 7.39. The summed E-state index contributed by atoms with van der Waals surface area (Å²) in [6, 6.07) is 9.63. The van der Waals surface area contributed by atoms with Crippen molar-refractivity contribution >= 4 is 18.2 Å². The van der Waals surface area contributed by atoms with E-state index in [0.717, 1.165) is 0 Å². The van der Waals surface area contributed by atoms with Gasteiger partial charge in [0.05, 0.1) is 5.56 Å². The molecule has 2 rings (SSSR count). The Balaban J connectivity index is 0.00000180. The third-order valence-electron chi connectivity index (χ3n) is 2.38. The van der Waals surface area contributed by atoms with Crippen molar-refractivity contribution in [2.45, 2.75) is 6.61 Å². The molecule has 1 heterocycles. The number of aromatic nitrogens is 1. The van der Waals surface area contributed by atoms with Crippen LogP contribution in [-0.4, -0.2) is 10.8 Å². The van der Waals surface area contributed by atoms with Crippen LogP contribution in [0.15, 0.2) is 42.6 Å². The minimum atomic E-state index is -0.335. The topological polar surface area (TPSA) is 72.0 Å². The van der Waals surface area contributed by atoms with Gasteiger partial charge in [-0.3, -0.25) is 5.41 Å². The molecule has 0 saturated carbocycles. The average molecular weight is 282 g/mol. The van der Waals surface area contributed by atoms with Crippen molar-refractivity contribution in [1.82, 2.24) is 4.98 Å². The minimum Gasteiger partial charge on any atom is -0.472 e. The first-order chi connectivity index (χ1) is 8.68. The molecule has 0 aliphatic carbocycles. The third-order valence-corrected chi connectivity index (χ3v) is 2.38. The van der Waals surface area contributed by atoms with Crippen molar-refractivity contribution in [2.24, 2.45) is 5.73 Å². The quantitative estimate of drug-likeness (QED) is 0.668. The third kappa shape index (κ3) is 3.66. The zero-order valence-electron chi connectivity index (χ0n) is 9.97. The highest BCUT2D eigenvalue weighted by molar-refractivity contribution is 5.96. The highest BCUT2D eigenvalue weighted by Crippen LogP contribution is 2.16. The largest absolute Gasteiger partial charge is 0.472 e. The molecule has 19 heavy (non-hydrogen) atoms. The number of hydrogen-bond acceptors (Lipinski definition) is 3. The van der Waals surface area contributed by atoms with Crippen molar-refractivity contribution in [3.05, 3.63) is 59.5 Å². The van der Waals surface area contributed by atoms with Crippen LogP contribution in [0.2, 0.25) is 0 Å². The predicted molar refractivity (Wildman–Crippen MR) is 73.2 cm³/mol. The van der Waals surface area contributed by atoms with E-state index in [0.29, 0.717) is 11.1 Å². The Hall–Kier alpha value is -2.14. The molecule has 0 amide bonds. The zero-order chi connectivity index (χ0) is 13.0. The van der Waals surface area contributed by atoms with Crippen LogP contribution >= 0.6 is 12.4 Å². The van der Waals surface area contributed by atoms with Crippen LogP contribution in [0, 0.1) is 11.2 Å². The Morgan fingerprint density at radius 1 is 1.26 bits per heavy atom. The Bertz CT molecular complexity index is 577. The summed E-state index contributed by atoms with van der Waals surface area (Å²) < 4.78 is 18.8. The van der Waals surface area contributed by atoms with Gasteiger partial charge in [0.25, 0.3) is 0 Å². The molecule has 0 spiro atoms. The van der Waals surface area contributed by atoms with Crippen LogP contribution in [0.25, 0.3) is 0 Å². The molecule has 0 fully saturated rings. The maximum atomic E-state index is 13.4. The first kappa shape index (κ1) is 14.9. The number of nitrogens with two attached hydrogens (primary N) is 1. The lowest BCUT2D eigenvalue weighted by Gasteiger charge is -2.09. The van der Waals surface area contributed by atoms with E-state index in [9.17, 15) is 4.39 Å². The van der Waals surface area contributed by atoms with Gasteiger partial charge in [0, 0.05) is 11.8 Å². The Kier molecular flexibility index (Phi) is 5.26. The molecule has 0 atom stereocenters. The van der Waals surface area contributed by atoms with Gasteiger partial charge < -0.3 is 10.5 Å². The molecule has 1 aromatic carbocycles. The van der Waals surface area contributed by atoms with Gasteiger partial charge in [-0.15, -0.1) is 12.4 Å². The highest BCUT2D eigenvalue weighted by Gasteiger charge is 2.08. The SMILES string of the molecule is Cl.N=C(N)c1cccnc1OCc1ccccc1F. The number of benzene rings is 1. The fraction of sp³-hybridized carbons (Fsp3) is 0.0769. The molecule has 0 bridgehead atoms. The summed E-state index contributed by atoms with van der Waals surface area (Å²) >= 11 is 0. The van der Waals surface area contributed by atoms with Gasteiger partial charge in [0.15, 0.2) is 0 Å². The van der Waals surface area contributed by atoms with Crippen LogP contribution in [0.5, 0.6) is 5.88 Å². The molecule has 4 nitrogen and oxygen atoms in total. The zero-order valence-corrected chi connectivity index (χ0v) is 10.8. The molecule has 100 valence electrons. The lowest BCUT2D eigenvalue weighted by molar-refractivity contribution is 0.287. The van der Waals surface area contributed by atoms with Gasteiger partial charge in [0.1, 0.15) is 18.3 Å². The molecule has 0 aliphatic heterocycles. The summed E-state index contributed by atoms with van der Waals surface area (Å²) in [7, 11) is 0. The van der Waals surface area contributed by atoms with E-state index in [4.69, 9.17) is 15.9 Å². The van der Waals surface area contributed by atoms with Crippen molar-refractivity contribution in [2.75, 3.05) is 0 Å². The molecular formula is C13H13ClFN3O. The number of ether oxygens (including phenoxy) is 1. The first-order valence-electron chi connectivity index (χ1n) is 5.34. The van der Waals surface area contributed by atoms with E-state index in [1.807, 2.05) is 0 Å². The molecule has 3 N–H and O–H groups in total. The number of halogens is 2. The van der Waals surface area contributed by atoms with E-state index in [1.165, 1.54) is 12.3 Å². The summed E-state index contributed by atoms with van der Waals surface area (Å²) in [6.45, 7) is 0.0456. The maximum absolute atomic E-state index is 13.4. The fourth-order valence-electron chi connectivity index (χ4n) is 1.47. The smallest absolute Gasteiger partial charge is 0.224 e. The van der Waals surface area contributed by atoms with E-state index in [2.05, 4.69) is 4.98 Å². The van der Waals surface area contributed by atoms with Crippen molar-refractivity contribution in [1.29, 1.82) is 5.41 Å². The van der Waals surface area contributed by atoms with E-state index >= 15 is 0 Å². The van der Waals surface area contributed by atoms with E-state index in [-0.39, 0.29) is 36.5 Å². The predicted octanol–water partition coefficient (Wildman–Crippen LogP) is 2.51. The summed E-state index contributed by atoms with van der Waals surface area (Å²) in [5.41, 5.74) is 6.23. The van der Waals surface area contributed by atoms with Gasteiger partial charge in [0.2, 0.25) is 5.88 Å². The van der Waals surface area contributed by atoms with Crippen molar-refractivity contribution < 1.29 is 9.13 Å². The normalized spacial score (nSPS) is 9.53. The van der Waals surface area contributed by atoms with E-state index in [1.54, 1.807) is 30.3 Å². The number of nitrogens with one attached hydrogen (secondary N) is 1. The summed E-state index contributed by atoms with van der Waals surface area (Å²) in [6.07, 6.45) is 1.53. The van der Waals surface area contributed by atoms with Crippen LogP contribution in [0.1, 0.15) is 11.1 Å². The maximum Gasteiger partial charge on any atom is 0.224 e. The number of nitrogen functional groups attached to an aromatic ring is 1. The lowest BCUT2D eigenvalue weighted by Crippen LogP contribution is -2.14. The molecular weight excluding hydrogens is 269 g/mol. The molecule has 0 aliphatic rings. The van der Waals surface area contributed by atoms with E-state index < -0.39 is 0 Å². The van der Waals surface area contributed by atoms with Gasteiger partial charge >= 0.3 is 0 Å². The summed E-state index contributed by atoms with van der Waals surface area (Å²) in [4.78, 5) is 3.98. The molecule has 0 unspecified atom stereocenters. The van der Waals surface area contributed by atoms with Crippen molar-refractivity contribution in [3.8, 4) is 5.88 Å². The minimum absolute atomic E-state index is 0. The second kappa shape index (κ2) is 6.70. The second-order valence-electron chi connectivity index (χ2n) is 3.65. The Labute approximate surface area is 116 Å². The number of hydrogen-bond donors (Lipinski definition) is 2. The van der Waals surface area contributed by atoms with Crippen molar-refractivity contribution in [3.63, 3.8) is 0 Å². The number of amidine groups is 1. The monoisotopic (exact) mass is 281 g/mol. The highest BCUT2D eigenvalue weighted by atomic mass is 35.5. The Morgan fingerprint density at radius 2 is 2.00 bits per heavy atom. The number of pyridine rings is 1. The average Bonchev–Trinajstić information content (AvgIpc) is 2.38. The summed E-state index contributed by atoms with van der Waals surface area (Å²) in [5.74, 6) is -0.238. The van der Waals surface area contributed by atoms with Gasteiger partial charge in [-0.2, -0.15) is 0 Å². The molecule has 0 saturated heterocycles. The first-order valence-corrected chi connectivity index (χ1v) is 5.34. The second-order valence-corrected chi connectivity index (χ2v) is 3.65. The van der Waals surface area contributed by atoms with Crippen LogP contribution in [-0.2, 0) is 6.61 Å². The van der Waals surface area contributed by atoms with Gasteiger partial charge in [-0.25, -0.2) is 9.37 Å². The standard InChI is InChI=1S/C13H12FN3O.ClH/c14-11-6-2-1-4-9(11)8-18-13-10(12(15)16)5-3-7-17-13;/h1-7H,8H2,(H3,15,16);1H. The lowest BCUT2D eigenvalue weighted by atomic mass is 10.2. The number of nitrogens with zero attached hydrogens (tertiary/aromatic N) is 1. The Morgan fingerprint density at radius 3 is 2.68 bits per heavy atom. The van der Waals surface area contributed by atoms with Gasteiger partial charge in [-0.05, 0) is 18.2 Å². The van der Waals surface area contributed by atoms with Crippen LogP contribution < -0.4 is 10.5 Å². The number of rotatable bonds is 4. The van der Waals surface area contributed by atoms with Crippen LogP contribution in [0.4, 0.5) is 4.39 Å². The fourth-order valence-corrected chi connectivity index (χ4v) is 1.47. The van der Waals surface area contributed by atoms with Crippen LogP contribution in [0.3, 0.4) is 0 Å². The molecule has 6 heteroatoms. The van der Waals surface area contributed by atoms with Gasteiger partial charge in [-0.1, -0.05) is 18.2 Å². The molecule has 1 aromatic heterocycles.